The second-order valence-corrected chi connectivity index (χ2v) is 5.91. The Bertz CT molecular complexity index is 582. The van der Waals surface area contributed by atoms with E-state index in [2.05, 4.69) is 24.9 Å². The molecule has 20 heavy (non-hydrogen) atoms. The highest BCUT2D eigenvalue weighted by Crippen LogP contribution is 2.32. The molecule has 0 heterocycles. The van der Waals surface area contributed by atoms with Crippen LogP contribution in [0.15, 0.2) is 49.1 Å². The van der Waals surface area contributed by atoms with Gasteiger partial charge in [-0.1, -0.05) is 42.5 Å². The second kappa shape index (κ2) is 7.36. The number of nitrogens with one attached hydrogen (secondary N) is 1. The molecule has 0 saturated heterocycles. The van der Waals surface area contributed by atoms with Crippen molar-refractivity contribution in [2.45, 2.75) is 13.0 Å². The van der Waals surface area contributed by atoms with Crippen LogP contribution in [0.25, 0.3) is 10.8 Å². The van der Waals surface area contributed by atoms with Crippen LogP contribution in [0.5, 0.6) is 5.75 Å². The molecule has 106 valence electrons. The first-order valence-corrected chi connectivity index (χ1v) is 8.02. The minimum Gasteiger partial charge on any atom is -0.507 e. The number of phenolic OH excluding ortho intramolecular Hbond substituents is 1. The summed E-state index contributed by atoms with van der Waals surface area (Å²) in [6.07, 6.45) is 1.92. The number of aromatic hydroxyl groups is 1. The molecule has 0 radical (unpaired) electrons. The summed E-state index contributed by atoms with van der Waals surface area (Å²) in [6, 6.07) is 12.1. The third-order valence-electron chi connectivity index (χ3n) is 3.33. The minimum atomic E-state index is 0.143. The van der Waals surface area contributed by atoms with E-state index in [1.807, 2.05) is 48.2 Å². The van der Waals surface area contributed by atoms with E-state index < -0.39 is 0 Å². The van der Waals surface area contributed by atoms with Gasteiger partial charge < -0.3 is 10.4 Å². The van der Waals surface area contributed by atoms with Gasteiger partial charge in [0.25, 0.3) is 0 Å². The molecule has 0 amide bonds. The first-order valence-electron chi connectivity index (χ1n) is 6.86. The van der Waals surface area contributed by atoms with Gasteiger partial charge in [0.2, 0.25) is 0 Å². The topological polar surface area (TPSA) is 32.3 Å². The van der Waals surface area contributed by atoms with E-state index >= 15 is 0 Å². The highest BCUT2D eigenvalue weighted by Gasteiger charge is 2.12. The Morgan fingerprint density at radius 1 is 1.30 bits per heavy atom. The van der Waals surface area contributed by atoms with Crippen LogP contribution >= 0.6 is 11.8 Å². The Kier molecular flexibility index (Phi) is 5.50. The van der Waals surface area contributed by atoms with E-state index in [1.54, 1.807) is 0 Å². The lowest BCUT2D eigenvalue weighted by atomic mass is 10.0. The molecule has 0 aliphatic carbocycles. The standard InChI is InChI=1S/C17H21NOS/c1-3-11-20-12-10-18-13(2)15-9-8-14-6-4-5-7-16(14)17(15)19/h3-9,13,18-19H,1,10-12H2,2H3. The van der Waals surface area contributed by atoms with Crippen molar-refractivity contribution in [2.75, 3.05) is 18.1 Å². The summed E-state index contributed by atoms with van der Waals surface area (Å²) >= 11 is 1.85. The Hall–Kier alpha value is -1.45. The van der Waals surface area contributed by atoms with E-state index in [1.165, 1.54) is 0 Å². The van der Waals surface area contributed by atoms with E-state index in [9.17, 15) is 5.11 Å². The number of thioether (sulfide) groups is 1. The van der Waals surface area contributed by atoms with E-state index in [0.29, 0.717) is 5.75 Å². The highest BCUT2D eigenvalue weighted by atomic mass is 32.2. The lowest BCUT2D eigenvalue weighted by molar-refractivity contribution is 0.461. The molecule has 1 atom stereocenters. The van der Waals surface area contributed by atoms with Gasteiger partial charge in [-0.05, 0) is 12.3 Å². The van der Waals surface area contributed by atoms with Crippen LogP contribution in [0.2, 0.25) is 0 Å². The van der Waals surface area contributed by atoms with E-state index in [0.717, 1.165) is 34.4 Å². The highest BCUT2D eigenvalue weighted by molar-refractivity contribution is 7.99. The summed E-state index contributed by atoms with van der Waals surface area (Å²) in [6.45, 7) is 6.72. The van der Waals surface area contributed by atoms with Gasteiger partial charge in [-0.15, -0.1) is 6.58 Å². The van der Waals surface area contributed by atoms with Crippen LogP contribution < -0.4 is 5.32 Å². The molecule has 2 N–H and O–H groups in total. The maximum Gasteiger partial charge on any atom is 0.128 e. The molecular weight excluding hydrogens is 266 g/mol. The fourth-order valence-corrected chi connectivity index (χ4v) is 2.84. The predicted molar refractivity (Wildman–Crippen MR) is 89.6 cm³/mol. The Morgan fingerprint density at radius 2 is 2.10 bits per heavy atom. The fourth-order valence-electron chi connectivity index (χ4n) is 2.25. The van der Waals surface area contributed by atoms with Crippen molar-refractivity contribution in [2.24, 2.45) is 0 Å². The van der Waals surface area contributed by atoms with Gasteiger partial charge in [-0.25, -0.2) is 0 Å². The van der Waals surface area contributed by atoms with Crippen LogP contribution in [-0.2, 0) is 0 Å². The molecule has 0 aromatic heterocycles. The maximum absolute atomic E-state index is 10.4. The van der Waals surface area contributed by atoms with Gasteiger partial charge in [-0.2, -0.15) is 11.8 Å². The van der Waals surface area contributed by atoms with E-state index in [4.69, 9.17) is 0 Å². The molecule has 0 aliphatic rings. The molecule has 2 rings (SSSR count). The van der Waals surface area contributed by atoms with Crippen LogP contribution in [0, 0.1) is 0 Å². The molecule has 2 aromatic carbocycles. The first kappa shape index (κ1) is 14.9. The Labute approximate surface area is 124 Å². The number of rotatable bonds is 7. The lowest BCUT2D eigenvalue weighted by Crippen LogP contribution is -2.21. The molecule has 0 aliphatic heterocycles. The lowest BCUT2D eigenvalue weighted by Gasteiger charge is -2.16. The van der Waals surface area contributed by atoms with Crippen LogP contribution in [-0.4, -0.2) is 23.2 Å². The zero-order chi connectivity index (χ0) is 14.4. The Balaban J connectivity index is 2.04. The predicted octanol–water partition coefficient (Wildman–Crippen LogP) is 4.12. The molecule has 2 nitrogen and oxygen atoms in total. The molecular formula is C17H21NOS. The van der Waals surface area contributed by atoms with Crippen molar-refractivity contribution < 1.29 is 5.11 Å². The Morgan fingerprint density at radius 3 is 2.90 bits per heavy atom. The molecule has 0 saturated carbocycles. The number of fused-ring (bicyclic) bond motifs is 1. The largest absolute Gasteiger partial charge is 0.507 e. The monoisotopic (exact) mass is 287 g/mol. The molecule has 0 spiro atoms. The van der Waals surface area contributed by atoms with Crippen molar-refractivity contribution in [3.63, 3.8) is 0 Å². The first-order chi connectivity index (χ1) is 9.74. The fraction of sp³-hybridized carbons (Fsp3) is 0.294. The summed E-state index contributed by atoms with van der Waals surface area (Å²) in [4.78, 5) is 0. The van der Waals surface area contributed by atoms with E-state index in [-0.39, 0.29) is 6.04 Å². The zero-order valence-electron chi connectivity index (χ0n) is 11.8. The maximum atomic E-state index is 10.4. The molecule has 1 unspecified atom stereocenters. The second-order valence-electron chi connectivity index (χ2n) is 4.76. The van der Waals surface area contributed by atoms with Crippen molar-refractivity contribution in [1.29, 1.82) is 0 Å². The number of benzene rings is 2. The van der Waals surface area contributed by atoms with Crippen molar-refractivity contribution in [3.8, 4) is 5.75 Å². The summed E-state index contributed by atoms with van der Waals surface area (Å²) in [5.74, 6) is 2.42. The van der Waals surface area contributed by atoms with Crippen LogP contribution in [0.3, 0.4) is 0 Å². The zero-order valence-corrected chi connectivity index (χ0v) is 12.6. The van der Waals surface area contributed by atoms with Gasteiger partial charge in [0.1, 0.15) is 5.75 Å². The molecule has 0 bridgehead atoms. The van der Waals surface area contributed by atoms with Gasteiger partial charge in [-0.3, -0.25) is 0 Å². The van der Waals surface area contributed by atoms with Gasteiger partial charge in [0, 0.05) is 35.0 Å². The summed E-state index contributed by atoms with van der Waals surface area (Å²) in [5, 5.41) is 15.8. The SMILES string of the molecule is C=CCSCCNC(C)c1ccc2ccccc2c1O. The van der Waals surface area contributed by atoms with Gasteiger partial charge >= 0.3 is 0 Å². The van der Waals surface area contributed by atoms with Crippen molar-refractivity contribution >= 4 is 22.5 Å². The smallest absolute Gasteiger partial charge is 0.128 e. The van der Waals surface area contributed by atoms with Crippen molar-refractivity contribution in [1.82, 2.24) is 5.32 Å². The number of hydrogen-bond acceptors (Lipinski definition) is 3. The quantitative estimate of drug-likeness (QED) is 0.593. The summed E-state index contributed by atoms with van der Waals surface area (Å²) < 4.78 is 0. The normalized spacial score (nSPS) is 12.4. The average molecular weight is 287 g/mol. The molecule has 2 aromatic rings. The third kappa shape index (κ3) is 3.56. The summed E-state index contributed by atoms with van der Waals surface area (Å²) in [7, 11) is 0. The van der Waals surface area contributed by atoms with Crippen molar-refractivity contribution in [3.05, 3.63) is 54.6 Å². The van der Waals surface area contributed by atoms with Gasteiger partial charge in [0.15, 0.2) is 0 Å². The average Bonchev–Trinajstić information content (AvgIpc) is 2.47. The minimum absolute atomic E-state index is 0.143. The van der Waals surface area contributed by atoms with Crippen LogP contribution in [0.4, 0.5) is 0 Å². The third-order valence-corrected chi connectivity index (χ3v) is 4.30. The molecule has 3 heteroatoms. The molecule has 0 fully saturated rings. The number of hydrogen-bond donors (Lipinski definition) is 2. The van der Waals surface area contributed by atoms with Gasteiger partial charge in [0.05, 0.1) is 0 Å². The summed E-state index contributed by atoms with van der Waals surface area (Å²) in [5.41, 5.74) is 0.956. The van der Waals surface area contributed by atoms with Crippen LogP contribution in [0.1, 0.15) is 18.5 Å². The number of phenols is 1.